The second kappa shape index (κ2) is 12.2. The molecule has 1 aliphatic rings. The van der Waals surface area contributed by atoms with Crippen LogP contribution < -0.4 is 10.6 Å². The number of aliphatic carboxylic acids is 1. The van der Waals surface area contributed by atoms with Crippen molar-refractivity contribution in [3.8, 4) is 0 Å². The van der Waals surface area contributed by atoms with E-state index in [-0.39, 0.29) is 27.9 Å². The van der Waals surface area contributed by atoms with Crippen molar-refractivity contribution in [1.82, 2.24) is 10.6 Å². The molecule has 2 rings (SSSR count). The number of rotatable bonds is 11. The topological polar surface area (TPSA) is 157 Å². The molecular formula is C21H25BCl2N2O9. The van der Waals surface area contributed by atoms with Gasteiger partial charge in [-0.2, -0.15) is 0 Å². The molecule has 2 atom stereocenters. The third-order valence-corrected chi connectivity index (χ3v) is 5.58. The molecule has 11 nitrogen and oxygen atoms in total. The average Bonchev–Trinajstić information content (AvgIpc) is 3.07. The molecule has 0 aromatic heterocycles. The Morgan fingerprint density at radius 2 is 1.89 bits per heavy atom. The highest BCUT2D eigenvalue weighted by molar-refractivity contribution is 6.51. The minimum atomic E-state index is -2.10. The molecule has 0 saturated carbocycles. The third-order valence-electron chi connectivity index (χ3n) is 5.01. The maximum absolute atomic E-state index is 12.6. The normalized spacial score (nSPS) is 18.1. The molecule has 190 valence electrons. The van der Waals surface area contributed by atoms with Crippen molar-refractivity contribution in [2.75, 3.05) is 13.7 Å². The molecule has 35 heavy (non-hydrogen) atoms. The van der Waals surface area contributed by atoms with E-state index in [1.807, 2.05) is 13.8 Å². The van der Waals surface area contributed by atoms with E-state index in [0.29, 0.717) is 0 Å². The van der Waals surface area contributed by atoms with Gasteiger partial charge in [-0.15, -0.1) is 0 Å². The van der Waals surface area contributed by atoms with E-state index in [4.69, 9.17) is 32.5 Å². The molecule has 1 heterocycles. The van der Waals surface area contributed by atoms with Gasteiger partial charge in [0.05, 0.1) is 43.0 Å². The van der Waals surface area contributed by atoms with Crippen LogP contribution in [0.25, 0.3) is 0 Å². The zero-order valence-electron chi connectivity index (χ0n) is 19.3. The molecule has 1 aliphatic heterocycles. The molecule has 0 spiro atoms. The second-order valence-electron chi connectivity index (χ2n) is 8.32. The Morgan fingerprint density at radius 3 is 2.49 bits per heavy atom. The van der Waals surface area contributed by atoms with Gasteiger partial charge in [0.2, 0.25) is 5.91 Å². The molecule has 1 fully saturated rings. The highest BCUT2D eigenvalue weighted by atomic mass is 35.5. The number of carboxylic acids is 1. The van der Waals surface area contributed by atoms with Gasteiger partial charge in [0.15, 0.2) is 5.60 Å². The van der Waals surface area contributed by atoms with Crippen LogP contribution in [0.5, 0.6) is 0 Å². The fourth-order valence-electron chi connectivity index (χ4n) is 3.44. The molecule has 3 N–H and O–H groups in total. The number of carbonyl (C=O) groups excluding carboxylic acids is 4. The summed E-state index contributed by atoms with van der Waals surface area (Å²) in [6, 6.07) is 4.31. The number of halogens is 2. The van der Waals surface area contributed by atoms with Gasteiger partial charge in [-0.3, -0.25) is 24.0 Å². The van der Waals surface area contributed by atoms with Crippen molar-refractivity contribution in [3.05, 3.63) is 33.8 Å². The molecule has 1 aromatic carbocycles. The molecule has 1 saturated heterocycles. The van der Waals surface area contributed by atoms with Gasteiger partial charge in [0.1, 0.15) is 0 Å². The van der Waals surface area contributed by atoms with Gasteiger partial charge >= 0.3 is 25.0 Å². The highest BCUT2D eigenvalue weighted by Gasteiger charge is 2.58. The minimum absolute atomic E-state index is 0.00228. The maximum atomic E-state index is 12.6. The molecule has 0 radical (unpaired) electrons. The van der Waals surface area contributed by atoms with E-state index < -0.39 is 67.8 Å². The number of carbonyl (C=O) groups is 5. The lowest BCUT2D eigenvalue weighted by molar-refractivity contribution is -0.159. The van der Waals surface area contributed by atoms with E-state index in [0.717, 1.165) is 7.11 Å². The summed E-state index contributed by atoms with van der Waals surface area (Å²) in [6.07, 6.45) is -1.24. The number of hydrogen-bond donors (Lipinski definition) is 3. The van der Waals surface area contributed by atoms with Crippen LogP contribution in [-0.2, 0) is 33.2 Å². The monoisotopic (exact) mass is 530 g/mol. The van der Waals surface area contributed by atoms with Crippen molar-refractivity contribution in [3.63, 3.8) is 0 Å². The first-order valence-corrected chi connectivity index (χ1v) is 11.3. The number of nitrogens with one attached hydrogen (secondary N) is 2. The van der Waals surface area contributed by atoms with Gasteiger partial charge in [-0.1, -0.05) is 37.0 Å². The lowest BCUT2D eigenvalue weighted by atomic mass is 9.74. The van der Waals surface area contributed by atoms with Crippen LogP contribution in [0.1, 0.15) is 43.5 Å². The quantitative estimate of drug-likeness (QED) is 0.285. The number of carboxylic acid groups (broad SMARTS) is 1. The number of methoxy groups -OCH3 is 1. The summed E-state index contributed by atoms with van der Waals surface area (Å²) < 4.78 is 15.4. The summed E-state index contributed by atoms with van der Waals surface area (Å²) >= 11 is 11.9. The largest absolute Gasteiger partial charge is 0.552 e. The smallest absolute Gasteiger partial charge is 0.506 e. The van der Waals surface area contributed by atoms with Gasteiger partial charge in [-0.25, -0.2) is 0 Å². The Balaban J connectivity index is 2.12. The van der Waals surface area contributed by atoms with E-state index in [1.54, 1.807) is 0 Å². The van der Waals surface area contributed by atoms with Crippen LogP contribution in [0.4, 0.5) is 0 Å². The number of ether oxygens (including phenoxy) is 1. The van der Waals surface area contributed by atoms with Crippen molar-refractivity contribution in [2.45, 2.75) is 44.7 Å². The van der Waals surface area contributed by atoms with E-state index in [9.17, 15) is 29.1 Å². The summed E-state index contributed by atoms with van der Waals surface area (Å²) in [5, 5.41) is 14.7. The maximum Gasteiger partial charge on any atom is 0.552 e. The number of amides is 2. The molecular weight excluding hydrogens is 506 g/mol. The molecule has 2 amide bonds. The Morgan fingerprint density at radius 1 is 1.20 bits per heavy atom. The summed E-state index contributed by atoms with van der Waals surface area (Å²) in [4.78, 5) is 60.7. The lowest BCUT2D eigenvalue weighted by Gasteiger charge is -2.24. The number of benzene rings is 1. The van der Waals surface area contributed by atoms with Crippen LogP contribution in [0.15, 0.2) is 18.2 Å². The minimum Gasteiger partial charge on any atom is -0.506 e. The van der Waals surface area contributed by atoms with Crippen molar-refractivity contribution >= 4 is 60.0 Å². The Kier molecular flexibility index (Phi) is 9.93. The first-order chi connectivity index (χ1) is 16.4. The fourth-order valence-corrected chi connectivity index (χ4v) is 3.82. The van der Waals surface area contributed by atoms with Crippen LogP contribution >= 0.6 is 23.2 Å². The van der Waals surface area contributed by atoms with E-state index in [2.05, 4.69) is 15.4 Å². The summed E-state index contributed by atoms with van der Waals surface area (Å²) in [5.74, 6) is -5.47. The lowest BCUT2D eigenvalue weighted by Crippen LogP contribution is -2.51. The summed E-state index contributed by atoms with van der Waals surface area (Å²) in [6.45, 7) is 3.25. The first-order valence-electron chi connectivity index (χ1n) is 10.6. The van der Waals surface area contributed by atoms with Gasteiger partial charge in [0.25, 0.3) is 5.91 Å². The zero-order chi connectivity index (χ0) is 26.3. The second-order valence-corrected chi connectivity index (χ2v) is 9.16. The first kappa shape index (κ1) is 28.4. The molecule has 14 heteroatoms. The predicted octanol–water partition coefficient (Wildman–Crippen LogP) is 1.63. The SMILES string of the molecule is COC(=O)C[C@]1(CC(=O)O)OB([C@H](CC(C)C)NC(=O)CNC(=O)c2cc(Cl)ccc2Cl)OC1=O. The number of esters is 1. The Labute approximate surface area is 211 Å². The van der Waals surface area contributed by atoms with Crippen LogP contribution in [0.3, 0.4) is 0 Å². The van der Waals surface area contributed by atoms with Gasteiger partial charge in [0, 0.05) is 5.02 Å². The van der Waals surface area contributed by atoms with Gasteiger partial charge in [-0.05, 0) is 30.5 Å². The van der Waals surface area contributed by atoms with E-state index >= 15 is 0 Å². The fraction of sp³-hybridized carbons (Fsp3) is 0.476. The predicted molar refractivity (Wildman–Crippen MR) is 125 cm³/mol. The molecule has 0 aliphatic carbocycles. The summed E-state index contributed by atoms with van der Waals surface area (Å²) in [5.41, 5.74) is -2.01. The van der Waals surface area contributed by atoms with Crippen molar-refractivity contribution < 1.29 is 43.1 Å². The number of hydrogen-bond acceptors (Lipinski definition) is 8. The molecule has 1 aromatic rings. The zero-order valence-corrected chi connectivity index (χ0v) is 20.8. The summed E-state index contributed by atoms with van der Waals surface area (Å²) in [7, 11) is -0.280. The van der Waals surface area contributed by atoms with Crippen molar-refractivity contribution in [1.29, 1.82) is 0 Å². The molecule has 0 bridgehead atoms. The van der Waals surface area contributed by atoms with Crippen LogP contribution in [0.2, 0.25) is 10.0 Å². The standard InChI is InChI=1S/C21H25BCl2N2O9/c1-11(2)6-15(22-34-20(32)21(35-22,8-17(28)29)9-18(30)33-3)26-16(27)10-25-19(31)13-7-12(23)4-5-14(13)24/h4-5,7,11,15H,6,8-10H2,1-3H3,(H,25,31)(H,26,27)(H,28,29)/t15-,21-/m0/s1. The average molecular weight is 531 g/mol. The Bertz CT molecular complexity index is 1010. The van der Waals surface area contributed by atoms with Crippen LogP contribution in [-0.4, -0.2) is 67.1 Å². The van der Waals surface area contributed by atoms with Gasteiger partial charge < -0.3 is 29.8 Å². The van der Waals surface area contributed by atoms with Crippen molar-refractivity contribution in [2.24, 2.45) is 5.92 Å². The van der Waals surface area contributed by atoms with Crippen LogP contribution in [0, 0.1) is 5.92 Å². The third kappa shape index (κ3) is 7.84. The Hall–Kier alpha value is -2.83. The molecule has 0 unspecified atom stereocenters. The highest BCUT2D eigenvalue weighted by Crippen LogP contribution is 2.32. The van der Waals surface area contributed by atoms with E-state index in [1.165, 1.54) is 18.2 Å².